The van der Waals surface area contributed by atoms with E-state index < -0.39 is 5.97 Å². The summed E-state index contributed by atoms with van der Waals surface area (Å²) in [4.78, 5) is 10.7. The van der Waals surface area contributed by atoms with E-state index in [0.29, 0.717) is 19.8 Å². The number of ether oxygens (including phenoxy) is 2. The summed E-state index contributed by atoms with van der Waals surface area (Å²) < 4.78 is 10.9. The zero-order valence-corrected chi connectivity index (χ0v) is 9.89. The fraction of sp³-hybridized carbons (Fsp3) is 0.462. The number of fused-ring (bicyclic) bond motifs is 1. The Bertz CT molecular complexity index is 474. The van der Waals surface area contributed by atoms with E-state index in [1.54, 1.807) is 0 Å². The SMILES string of the molecule is O=C(O)C1CC1CNc1ccc2c(c1)OCCO2. The maximum absolute atomic E-state index is 10.7. The molecular weight excluding hydrogens is 234 g/mol. The summed E-state index contributed by atoms with van der Waals surface area (Å²) in [6.07, 6.45) is 0.771. The number of aliphatic carboxylic acids is 1. The molecule has 1 aliphatic heterocycles. The standard InChI is InChI=1S/C13H15NO4/c15-13(16)10-5-8(10)7-14-9-1-2-11-12(6-9)18-4-3-17-11/h1-2,6,8,10,14H,3-5,7H2,(H,15,16). The third-order valence-electron chi connectivity index (χ3n) is 3.35. The Kier molecular flexibility index (Phi) is 2.74. The van der Waals surface area contributed by atoms with Crippen molar-refractivity contribution in [3.63, 3.8) is 0 Å². The maximum Gasteiger partial charge on any atom is 0.306 e. The van der Waals surface area contributed by atoms with Crippen LogP contribution in [0.15, 0.2) is 18.2 Å². The average molecular weight is 249 g/mol. The van der Waals surface area contributed by atoms with Gasteiger partial charge < -0.3 is 19.9 Å². The summed E-state index contributed by atoms with van der Waals surface area (Å²) in [7, 11) is 0. The van der Waals surface area contributed by atoms with Crippen molar-refractivity contribution in [3.05, 3.63) is 18.2 Å². The first-order chi connectivity index (χ1) is 8.74. The van der Waals surface area contributed by atoms with Crippen LogP contribution < -0.4 is 14.8 Å². The van der Waals surface area contributed by atoms with E-state index in [4.69, 9.17) is 14.6 Å². The molecule has 1 heterocycles. The minimum Gasteiger partial charge on any atom is -0.486 e. The Labute approximate surface area is 105 Å². The van der Waals surface area contributed by atoms with E-state index >= 15 is 0 Å². The highest BCUT2D eigenvalue weighted by atomic mass is 16.6. The fourth-order valence-corrected chi connectivity index (χ4v) is 2.18. The number of anilines is 1. The molecule has 2 aliphatic rings. The minimum absolute atomic E-state index is 0.172. The van der Waals surface area contributed by atoms with Crippen LogP contribution in [0.3, 0.4) is 0 Å². The lowest BCUT2D eigenvalue weighted by Crippen LogP contribution is -2.15. The number of benzene rings is 1. The van der Waals surface area contributed by atoms with Gasteiger partial charge in [-0.1, -0.05) is 0 Å². The van der Waals surface area contributed by atoms with Gasteiger partial charge in [-0.3, -0.25) is 4.79 Å². The summed E-state index contributed by atoms with van der Waals surface area (Å²) in [5.41, 5.74) is 0.940. The largest absolute Gasteiger partial charge is 0.486 e. The van der Waals surface area contributed by atoms with Gasteiger partial charge in [0.15, 0.2) is 11.5 Å². The van der Waals surface area contributed by atoms with Gasteiger partial charge in [0.05, 0.1) is 5.92 Å². The van der Waals surface area contributed by atoms with Gasteiger partial charge in [0.1, 0.15) is 13.2 Å². The van der Waals surface area contributed by atoms with Crippen LogP contribution in [0, 0.1) is 11.8 Å². The molecule has 0 spiro atoms. The summed E-state index contributed by atoms with van der Waals surface area (Å²) in [6, 6.07) is 5.69. The number of rotatable bonds is 4. The Morgan fingerprint density at radius 1 is 1.33 bits per heavy atom. The molecule has 18 heavy (non-hydrogen) atoms. The molecule has 0 amide bonds. The predicted molar refractivity (Wildman–Crippen MR) is 65.2 cm³/mol. The second-order valence-electron chi connectivity index (χ2n) is 4.68. The molecule has 1 aliphatic carbocycles. The fourth-order valence-electron chi connectivity index (χ4n) is 2.18. The van der Waals surface area contributed by atoms with E-state index in [1.807, 2.05) is 18.2 Å². The lowest BCUT2D eigenvalue weighted by Gasteiger charge is -2.19. The highest BCUT2D eigenvalue weighted by Crippen LogP contribution is 2.39. The normalized spacial score (nSPS) is 24.4. The van der Waals surface area contributed by atoms with Crippen LogP contribution in [-0.4, -0.2) is 30.8 Å². The van der Waals surface area contributed by atoms with Gasteiger partial charge in [-0.05, 0) is 24.5 Å². The van der Waals surface area contributed by atoms with Crippen molar-refractivity contribution in [2.75, 3.05) is 25.1 Å². The first-order valence-corrected chi connectivity index (χ1v) is 6.10. The topological polar surface area (TPSA) is 67.8 Å². The van der Waals surface area contributed by atoms with Gasteiger partial charge in [0, 0.05) is 18.3 Å². The number of nitrogens with one attached hydrogen (secondary N) is 1. The van der Waals surface area contributed by atoms with E-state index in [0.717, 1.165) is 23.6 Å². The molecule has 1 aromatic carbocycles. The van der Waals surface area contributed by atoms with E-state index in [2.05, 4.69) is 5.32 Å². The number of carbonyl (C=O) groups is 1. The molecule has 96 valence electrons. The molecule has 3 rings (SSSR count). The van der Waals surface area contributed by atoms with Crippen LogP contribution in [0.1, 0.15) is 6.42 Å². The average Bonchev–Trinajstić information content (AvgIpc) is 3.16. The molecular formula is C13H15NO4. The van der Waals surface area contributed by atoms with Crippen molar-refractivity contribution in [2.45, 2.75) is 6.42 Å². The number of carboxylic acid groups (broad SMARTS) is 1. The highest BCUT2D eigenvalue weighted by molar-refractivity contribution is 5.73. The molecule has 2 unspecified atom stereocenters. The van der Waals surface area contributed by atoms with Gasteiger partial charge in [0.2, 0.25) is 0 Å². The molecule has 0 radical (unpaired) electrons. The van der Waals surface area contributed by atoms with Gasteiger partial charge in [0.25, 0.3) is 0 Å². The molecule has 2 atom stereocenters. The van der Waals surface area contributed by atoms with Crippen molar-refractivity contribution >= 4 is 11.7 Å². The van der Waals surface area contributed by atoms with Crippen LogP contribution >= 0.6 is 0 Å². The zero-order valence-electron chi connectivity index (χ0n) is 9.89. The van der Waals surface area contributed by atoms with Crippen LogP contribution in [-0.2, 0) is 4.79 Å². The lowest BCUT2D eigenvalue weighted by atomic mass is 10.2. The van der Waals surface area contributed by atoms with Crippen molar-refractivity contribution < 1.29 is 19.4 Å². The highest BCUT2D eigenvalue weighted by Gasteiger charge is 2.42. The number of hydrogen-bond acceptors (Lipinski definition) is 4. The van der Waals surface area contributed by atoms with Crippen LogP contribution in [0.25, 0.3) is 0 Å². The Morgan fingerprint density at radius 2 is 2.11 bits per heavy atom. The molecule has 1 aromatic rings. The smallest absolute Gasteiger partial charge is 0.306 e. The van der Waals surface area contributed by atoms with Crippen molar-refractivity contribution in [3.8, 4) is 11.5 Å². The molecule has 5 nitrogen and oxygen atoms in total. The molecule has 0 aromatic heterocycles. The zero-order chi connectivity index (χ0) is 12.5. The first-order valence-electron chi connectivity index (χ1n) is 6.10. The van der Waals surface area contributed by atoms with Gasteiger partial charge in [-0.15, -0.1) is 0 Å². The summed E-state index contributed by atoms with van der Waals surface area (Å²) in [5.74, 6) is 0.896. The minimum atomic E-state index is -0.691. The monoisotopic (exact) mass is 249 g/mol. The van der Waals surface area contributed by atoms with E-state index in [-0.39, 0.29) is 11.8 Å². The molecule has 0 bridgehead atoms. The second kappa shape index (κ2) is 4.40. The molecule has 1 saturated carbocycles. The Balaban J connectivity index is 1.59. The van der Waals surface area contributed by atoms with Crippen LogP contribution in [0.4, 0.5) is 5.69 Å². The summed E-state index contributed by atoms with van der Waals surface area (Å²) >= 11 is 0. The third kappa shape index (κ3) is 2.20. The van der Waals surface area contributed by atoms with E-state index in [1.165, 1.54) is 0 Å². The lowest BCUT2D eigenvalue weighted by molar-refractivity contribution is -0.138. The summed E-state index contributed by atoms with van der Waals surface area (Å²) in [5, 5.41) is 12.1. The molecule has 2 N–H and O–H groups in total. The van der Waals surface area contributed by atoms with Crippen LogP contribution in [0.2, 0.25) is 0 Å². The maximum atomic E-state index is 10.7. The van der Waals surface area contributed by atoms with Gasteiger partial charge in [-0.2, -0.15) is 0 Å². The molecule has 5 heteroatoms. The molecule has 1 fully saturated rings. The van der Waals surface area contributed by atoms with Crippen molar-refractivity contribution in [2.24, 2.45) is 11.8 Å². The molecule has 0 saturated heterocycles. The quantitative estimate of drug-likeness (QED) is 0.848. The van der Waals surface area contributed by atoms with Gasteiger partial charge in [-0.25, -0.2) is 0 Å². The number of hydrogen-bond donors (Lipinski definition) is 2. The van der Waals surface area contributed by atoms with Crippen molar-refractivity contribution in [1.82, 2.24) is 0 Å². The first kappa shape index (κ1) is 11.2. The predicted octanol–water partition coefficient (Wildman–Crippen LogP) is 1.59. The Hall–Kier alpha value is -1.91. The van der Waals surface area contributed by atoms with Crippen LogP contribution in [0.5, 0.6) is 11.5 Å². The number of carboxylic acids is 1. The van der Waals surface area contributed by atoms with E-state index in [9.17, 15) is 4.79 Å². The van der Waals surface area contributed by atoms with Crippen molar-refractivity contribution in [1.29, 1.82) is 0 Å². The summed E-state index contributed by atoms with van der Waals surface area (Å²) in [6.45, 7) is 1.85. The third-order valence-corrected chi connectivity index (χ3v) is 3.35. The second-order valence-corrected chi connectivity index (χ2v) is 4.68. The van der Waals surface area contributed by atoms with Gasteiger partial charge >= 0.3 is 5.97 Å². The Morgan fingerprint density at radius 3 is 2.83 bits per heavy atom.